The predicted molar refractivity (Wildman–Crippen MR) is 88.0 cm³/mol. The second kappa shape index (κ2) is 5.93. The van der Waals surface area contributed by atoms with Gasteiger partial charge in [-0.15, -0.1) is 0 Å². The molecule has 1 fully saturated rings. The molecule has 0 spiro atoms. The molecule has 1 aliphatic heterocycles. The van der Waals surface area contributed by atoms with Crippen molar-refractivity contribution in [1.82, 2.24) is 19.5 Å². The van der Waals surface area contributed by atoms with E-state index in [1.54, 1.807) is 4.90 Å². The molecule has 1 saturated heterocycles. The van der Waals surface area contributed by atoms with Crippen molar-refractivity contribution in [3.8, 4) is 11.3 Å². The molecule has 3 aromatic rings. The van der Waals surface area contributed by atoms with E-state index in [0.29, 0.717) is 43.2 Å². The molecule has 3 heterocycles. The summed E-state index contributed by atoms with van der Waals surface area (Å²) in [6.45, 7) is 2.13. The topological polar surface area (TPSA) is 79.7 Å². The standard InChI is InChI=1S/C17H16N4O3/c22-15-10-14(12-4-2-1-3-5-12)19-16-13(11-18-21(15)16)17(23)20-6-8-24-9-7-20/h1-5,10-11,18H,6-9H2. The van der Waals surface area contributed by atoms with Crippen molar-refractivity contribution in [2.45, 2.75) is 0 Å². The Morgan fingerprint density at radius 2 is 1.92 bits per heavy atom. The molecule has 0 aliphatic carbocycles. The van der Waals surface area contributed by atoms with Crippen LogP contribution >= 0.6 is 0 Å². The van der Waals surface area contributed by atoms with Gasteiger partial charge in [0.15, 0.2) is 5.65 Å². The lowest BCUT2D eigenvalue weighted by atomic mass is 10.1. The fourth-order valence-electron chi connectivity index (χ4n) is 2.83. The first-order valence-corrected chi connectivity index (χ1v) is 7.78. The Kier molecular flexibility index (Phi) is 3.62. The van der Waals surface area contributed by atoms with Gasteiger partial charge in [0.1, 0.15) is 5.56 Å². The summed E-state index contributed by atoms with van der Waals surface area (Å²) in [5, 5.41) is 2.82. The number of aromatic amines is 1. The summed E-state index contributed by atoms with van der Waals surface area (Å²) in [5.41, 5.74) is 1.88. The molecule has 0 atom stereocenters. The lowest BCUT2D eigenvalue weighted by Gasteiger charge is -2.26. The highest BCUT2D eigenvalue weighted by Crippen LogP contribution is 2.18. The van der Waals surface area contributed by atoms with Crippen molar-refractivity contribution in [3.63, 3.8) is 0 Å². The van der Waals surface area contributed by atoms with Crippen LogP contribution in [0.5, 0.6) is 0 Å². The zero-order valence-corrected chi connectivity index (χ0v) is 12.9. The van der Waals surface area contributed by atoms with Gasteiger partial charge in [0, 0.05) is 30.9 Å². The molecule has 0 saturated carbocycles. The lowest BCUT2D eigenvalue weighted by Crippen LogP contribution is -2.40. The molecule has 0 bridgehead atoms. The van der Waals surface area contributed by atoms with Gasteiger partial charge in [0.25, 0.3) is 11.5 Å². The molecule has 7 nitrogen and oxygen atoms in total. The summed E-state index contributed by atoms with van der Waals surface area (Å²) in [5.74, 6) is -0.144. The minimum atomic E-state index is -0.250. The lowest BCUT2D eigenvalue weighted by molar-refractivity contribution is 0.0304. The second-order valence-electron chi connectivity index (χ2n) is 5.60. The number of ether oxygens (including phenoxy) is 1. The number of carbonyl (C=O) groups is 1. The van der Waals surface area contributed by atoms with Crippen LogP contribution in [0.15, 0.2) is 47.4 Å². The Hall–Kier alpha value is -2.93. The van der Waals surface area contributed by atoms with E-state index in [-0.39, 0.29) is 11.5 Å². The first-order valence-electron chi connectivity index (χ1n) is 7.78. The second-order valence-corrected chi connectivity index (χ2v) is 5.60. The highest BCUT2D eigenvalue weighted by molar-refractivity contribution is 5.99. The number of benzene rings is 1. The van der Waals surface area contributed by atoms with E-state index in [2.05, 4.69) is 10.1 Å². The number of fused-ring (bicyclic) bond motifs is 1. The predicted octanol–water partition coefficient (Wildman–Crippen LogP) is 1.16. The van der Waals surface area contributed by atoms with Gasteiger partial charge < -0.3 is 9.64 Å². The van der Waals surface area contributed by atoms with Crippen molar-refractivity contribution < 1.29 is 9.53 Å². The average molecular weight is 324 g/mol. The molecule has 1 N–H and O–H groups in total. The molecule has 1 aliphatic rings. The number of amides is 1. The fourth-order valence-corrected chi connectivity index (χ4v) is 2.83. The van der Waals surface area contributed by atoms with E-state index in [4.69, 9.17) is 4.74 Å². The van der Waals surface area contributed by atoms with Gasteiger partial charge in [-0.05, 0) is 0 Å². The highest BCUT2D eigenvalue weighted by atomic mass is 16.5. The monoisotopic (exact) mass is 324 g/mol. The van der Waals surface area contributed by atoms with E-state index < -0.39 is 0 Å². The molecular formula is C17H16N4O3. The average Bonchev–Trinajstić information content (AvgIpc) is 3.07. The normalized spacial score (nSPS) is 14.9. The van der Waals surface area contributed by atoms with Gasteiger partial charge in [-0.2, -0.15) is 0 Å². The molecule has 1 amide bonds. The number of morpholine rings is 1. The van der Waals surface area contributed by atoms with Crippen molar-refractivity contribution in [2.24, 2.45) is 0 Å². The molecule has 122 valence electrons. The molecule has 24 heavy (non-hydrogen) atoms. The third kappa shape index (κ3) is 2.48. The summed E-state index contributed by atoms with van der Waals surface area (Å²) < 4.78 is 6.57. The first-order chi connectivity index (χ1) is 11.7. The molecular weight excluding hydrogens is 308 g/mol. The Bertz CT molecular complexity index is 939. The summed E-state index contributed by atoms with van der Waals surface area (Å²) >= 11 is 0. The number of aromatic nitrogens is 3. The summed E-state index contributed by atoms with van der Waals surface area (Å²) in [6.07, 6.45) is 1.54. The number of H-pyrrole nitrogens is 1. The Balaban J connectivity index is 1.81. The van der Waals surface area contributed by atoms with Crippen molar-refractivity contribution in [2.75, 3.05) is 26.3 Å². The maximum absolute atomic E-state index is 12.7. The van der Waals surface area contributed by atoms with Gasteiger partial charge in [-0.1, -0.05) is 30.3 Å². The Morgan fingerprint density at radius 3 is 2.67 bits per heavy atom. The smallest absolute Gasteiger partial charge is 0.273 e. The SMILES string of the molecule is O=C(c1c[nH]n2c(=O)cc(-c3ccccc3)nc12)N1CCOCC1. The summed E-state index contributed by atoms with van der Waals surface area (Å²) in [6, 6.07) is 10.9. The number of carbonyl (C=O) groups excluding carboxylic acids is 1. The maximum Gasteiger partial charge on any atom is 0.273 e. The van der Waals surface area contributed by atoms with Crippen molar-refractivity contribution >= 4 is 11.6 Å². The first kappa shape index (κ1) is 14.6. The van der Waals surface area contributed by atoms with Crippen LogP contribution in [0.1, 0.15) is 10.4 Å². The Morgan fingerprint density at radius 1 is 1.17 bits per heavy atom. The van der Waals surface area contributed by atoms with E-state index in [0.717, 1.165) is 5.56 Å². The van der Waals surface area contributed by atoms with Crippen molar-refractivity contribution in [1.29, 1.82) is 0 Å². The fraction of sp³-hybridized carbons (Fsp3) is 0.235. The number of hydrogen-bond donors (Lipinski definition) is 1. The zero-order valence-electron chi connectivity index (χ0n) is 12.9. The van der Waals surface area contributed by atoms with E-state index in [1.807, 2.05) is 30.3 Å². The van der Waals surface area contributed by atoms with Crippen LogP contribution < -0.4 is 5.56 Å². The van der Waals surface area contributed by atoms with Gasteiger partial charge in [-0.3, -0.25) is 14.7 Å². The largest absolute Gasteiger partial charge is 0.378 e. The van der Waals surface area contributed by atoms with Crippen LogP contribution in [-0.4, -0.2) is 51.7 Å². The molecule has 0 unspecified atom stereocenters. The van der Waals surface area contributed by atoms with E-state index >= 15 is 0 Å². The number of hydrogen-bond acceptors (Lipinski definition) is 4. The van der Waals surface area contributed by atoms with Crippen LogP contribution in [0.2, 0.25) is 0 Å². The van der Waals surface area contributed by atoms with Crippen molar-refractivity contribution in [3.05, 3.63) is 58.5 Å². The van der Waals surface area contributed by atoms with Crippen LogP contribution in [0, 0.1) is 0 Å². The minimum absolute atomic E-state index is 0.144. The van der Waals surface area contributed by atoms with Gasteiger partial charge in [0.05, 0.1) is 18.9 Å². The maximum atomic E-state index is 12.7. The van der Waals surface area contributed by atoms with Crippen LogP contribution in [0.3, 0.4) is 0 Å². The summed E-state index contributed by atoms with van der Waals surface area (Å²) in [7, 11) is 0. The zero-order chi connectivity index (χ0) is 16.5. The Labute approximate surface area is 137 Å². The van der Waals surface area contributed by atoms with E-state index in [1.165, 1.54) is 16.8 Å². The molecule has 0 radical (unpaired) electrons. The summed E-state index contributed by atoms with van der Waals surface area (Å²) in [4.78, 5) is 31.3. The van der Waals surface area contributed by atoms with E-state index in [9.17, 15) is 9.59 Å². The molecule has 1 aromatic carbocycles. The molecule has 7 heteroatoms. The number of rotatable bonds is 2. The van der Waals surface area contributed by atoms with Crippen LogP contribution in [0.25, 0.3) is 16.9 Å². The molecule has 2 aromatic heterocycles. The van der Waals surface area contributed by atoms with Gasteiger partial charge >= 0.3 is 0 Å². The molecule has 4 rings (SSSR count). The highest BCUT2D eigenvalue weighted by Gasteiger charge is 2.23. The number of nitrogens with one attached hydrogen (secondary N) is 1. The van der Waals surface area contributed by atoms with Crippen LogP contribution in [-0.2, 0) is 4.74 Å². The third-order valence-electron chi connectivity index (χ3n) is 4.10. The quantitative estimate of drug-likeness (QED) is 0.767. The minimum Gasteiger partial charge on any atom is -0.378 e. The third-order valence-corrected chi connectivity index (χ3v) is 4.10. The van der Waals surface area contributed by atoms with Crippen LogP contribution in [0.4, 0.5) is 0 Å². The van der Waals surface area contributed by atoms with Gasteiger partial charge in [-0.25, -0.2) is 9.50 Å². The van der Waals surface area contributed by atoms with Gasteiger partial charge in [0.2, 0.25) is 0 Å². The number of nitrogens with zero attached hydrogens (tertiary/aromatic N) is 3.